The largest absolute Gasteiger partial charge is 0.353 e. The van der Waals surface area contributed by atoms with E-state index in [2.05, 4.69) is 15.3 Å². The minimum atomic E-state index is -3.19. The highest BCUT2D eigenvalue weighted by Crippen LogP contribution is 2.35. The molecule has 1 unspecified atom stereocenters. The number of nitrogens with zero attached hydrogens (tertiary/aromatic N) is 2. The van der Waals surface area contributed by atoms with Crippen molar-refractivity contribution in [2.24, 2.45) is 0 Å². The number of aromatic amines is 1. The second-order valence-electron chi connectivity index (χ2n) is 7.77. The van der Waals surface area contributed by atoms with Crippen LogP contribution in [0.4, 0.5) is 0 Å². The SMILES string of the molecule is CS(=O)(=O)N1[C@@H]2CCC[C@H]1CC(NC(=O)CCc1nc3ccccc3[nH]1)C2. The average molecular weight is 391 g/mol. The lowest BCUT2D eigenvalue weighted by atomic mass is 9.84. The quantitative estimate of drug-likeness (QED) is 0.816. The first-order valence-corrected chi connectivity index (χ1v) is 11.5. The van der Waals surface area contributed by atoms with Crippen molar-refractivity contribution in [2.45, 2.75) is 63.1 Å². The Balaban J connectivity index is 1.33. The molecule has 3 atom stereocenters. The second kappa shape index (κ2) is 7.24. The molecule has 2 N–H and O–H groups in total. The zero-order valence-electron chi connectivity index (χ0n) is 15.5. The fraction of sp³-hybridized carbons (Fsp3) is 0.579. The van der Waals surface area contributed by atoms with Crippen molar-refractivity contribution in [3.8, 4) is 0 Å². The number of para-hydroxylation sites is 2. The number of hydrogen-bond acceptors (Lipinski definition) is 4. The highest BCUT2D eigenvalue weighted by atomic mass is 32.2. The third kappa shape index (κ3) is 4.01. The molecule has 2 aliphatic rings. The van der Waals surface area contributed by atoms with Gasteiger partial charge in [-0.3, -0.25) is 4.79 Å². The van der Waals surface area contributed by atoms with Crippen molar-refractivity contribution >= 4 is 27.0 Å². The van der Waals surface area contributed by atoms with Gasteiger partial charge < -0.3 is 10.3 Å². The number of sulfonamides is 1. The van der Waals surface area contributed by atoms with Crippen molar-refractivity contribution in [3.05, 3.63) is 30.1 Å². The predicted octanol–water partition coefficient (Wildman–Crippen LogP) is 1.96. The standard InChI is InChI=1S/C19H26N4O3S/c1-27(25,26)23-14-5-4-6-15(23)12-13(11-14)20-19(24)10-9-18-21-16-7-2-3-8-17(16)22-18/h2-3,7-8,13-15H,4-6,9-12H2,1H3,(H,20,24)(H,21,22)/t13?,14-,15+. The first kappa shape index (κ1) is 18.4. The van der Waals surface area contributed by atoms with E-state index in [1.165, 1.54) is 6.26 Å². The number of piperidine rings is 2. The Morgan fingerprint density at radius 1 is 1.26 bits per heavy atom. The lowest BCUT2D eigenvalue weighted by Crippen LogP contribution is -2.58. The molecule has 146 valence electrons. The maximum absolute atomic E-state index is 12.4. The average Bonchev–Trinajstić information content (AvgIpc) is 3.01. The van der Waals surface area contributed by atoms with Gasteiger partial charge in [-0.15, -0.1) is 0 Å². The summed E-state index contributed by atoms with van der Waals surface area (Å²) in [6.07, 6.45) is 6.49. The minimum Gasteiger partial charge on any atom is -0.353 e. The third-order valence-corrected chi connectivity index (χ3v) is 7.05. The summed E-state index contributed by atoms with van der Waals surface area (Å²) in [7, 11) is -3.19. The first-order chi connectivity index (χ1) is 12.9. The van der Waals surface area contributed by atoms with Crippen LogP contribution in [-0.2, 0) is 21.2 Å². The monoisotopic (exact) mass is 390 g/mol. The molecule has 27 heavy (non-hydrogen) atoms. The van der Waals surface area contributed by atoms with Crippen molar-refractivity contribution in [2.75, 3.05) is 6.26 Å². The van der Waals surface area contributed by atoms with Crippen molar-refractivity contribution in [1.29, 1.82) is 0 Å². The molecule has 1 amide bonds. The number of aryl methyl sites for hydroxylation is 1. The summed E-state index contributed by atoms with van der Waals surface area (Å²) >= 11 is 0. The van der Waals surface area contributed by atoms with Crippen LogP contribution in [0.2, 0.25) is 0 Å². The molecule has 2 bridgehead atoms. The smallest absolute Gasteiger partial charge is 0.220 e. The van der Waals surface area contributed by atoms with Crippen LogP contribution in [0.3, 0.4) is 0 Å². The summed E-state index contributed by atoms with van der Waals surface area (Å²) in [6, 6.07) is 7.92. The molecule has 2 aromatic rings. The van der Waals surface area contributed by atoms with Crippen molar-refractivity contribution in [3.63, 3.8) is 0 Å². The Morgan fingerprint density at radius 3 is 2.63 bits per heavy atom. The van der Waals surface area contributed by atoms with E-state index < -0.39 is 10.0 Å². The summed E-state index contributed by atoms with van der Waals surface area (Å²) in [5.74, 6) is 0.821. The fourth-order valence-electron chi connectivity index (χ4n) is 4.65. The van der Waals surface area contributed by atoms with Crippen LogP contribution in [0, 0.1) is 0 Å². The van der Waals surface area contributed by atoms with E-state index >= 15 is 0 Å². The minimum absolute atomic E-state index is 0.00587. The Kier molecular flexibility index (Phi) is 4.94. The molecule has 0 radical (unpaired) electrons. The van der Waals surface area contributed by atoms with Crippen molar-refractivity contribution < 1.29 is 13.2 Å². The number of benzene rings is 1. The van der Waals surface area contributed by atoms with E-state index in [1.54, 1.807) is 4.31 Å². The number of H-pyrrole nitrogens is 1. The molecule has 3 heterocycles. The molecule has 2 saturated heterocycles. The topological polar surface area (TPSA) is 95.2 Å². The number of amides is 1. The van der Waals surface area contributed by atoms with Crippen LogP contribution >= 0.6 is 0 Å². The van der Waals surface area contributed by atoms with Gasteiger partial charge >= 0.3 is 0 Å². The van der Waals surface area contributed by atoms with E-state index in [4.69, 9.17) is 0 Å². The molecule has 2 fully saturated rings. The van der Waals surface area contributed by atoms with E-state index in [1.807, 2.05) is 24.3 Å². The van der Waals surface area contributed by atoms with E-state index in [0.717, 1.165) is 36.1 Å². The van der Waals surface area contributed by atoms with E-state index in [9.17, 15) is 13.2 Å². The summed E-state index contributed by atoms with van der Waals surface area (Å²) in [4.78, 5) is 20.2. The van der Waals surface area contributed by atoms with Gasteiger partial charge in [-0.1, -0.05) is 18.6 Å². The summed E-state index contributed by atoms with van der Waals surface area (Å²) in [5, 5.41) is 3.12. The first-order valence-electron chi connectivity index (χ1n) is 9.61. The van der Waals surface area contributed by atoms with Gasteiger partial charge in [-0.05, 0) is 37.8 Å². The molecule has 2 aliphatic heterocycles. The number of carbonyl (C=O) groups excluding carboxylic acids is 1. The summed E-state index contributed by atoms with van der Waals surface area (Å²) in [5.41, 5.74) is 1.89. The molecule has 0 spiro atoms. The molecule has 8 heteroatoms. The van der Waals surface area contributed by atoms with Crippen LogP contribution in [0.5, 0.6) is 0 Å². The van der Waals surface area contributed by atoms with Gasteiger partial charge in [-0.25, -0.2) is 13.4 Å². The number of carbonyl (C=O) groups is 1. The zero-order valence-corrected chi connectivity index (χ0v) is 16.3. The van der Waals surface area contributed by atoms with Gasteiger partial charge in [0.1, 0.15) is 5.82 Å². The Bertz CT molecular complexity index is 892. The van der Waals surface area contributed by atoms with Crippen molar-refractivity contribution in [1.82, 2.24) is 19.6 Å². The number of rotatable bonds is 5. The Morgan fingerprint density at radius 2 is 1.96 bits per heavy atom. The Hall–Kier alpha value is -1.93. The highest BCUT2D eigenvalue weighted by Gasteiger charge is 2.43. The predicted molar refractivity (Wildman–Crippen MR) is 104 cm³/mol. The van der Waals surface area contributed by atoms with Gasteiger partial charge in [0, 0.05) is 31.0 Å². The lowest BCUT2D eigenvalue weighted by molar-refractivity contribution is -0.122. The molecule has 4 rings (SSSR count). The zero-order chi connectivity index (χ0) is 19.0. The summed E-state index contributed by atoms with van der Waals surface area (Å²) < 4.78 is 25.9. The number of aromatic nitrogens is 2. The van der Waals surface area contributed by atoms with Crippen LogP contribution in [-0.4, -0.2) is 53.0 Å². The maximum Gasteiger partial charge on any atom is 0.220 e. The number of fused-ring (bicyclic) bond motifs is 3. The van der Waals surface area contributed by atoms with Crippen LogP contribution in [0.25, 0.3) is 11.0 Å². The third-order valence-electron chi connectivity index (χ3n) is 5.68. The molecule has 0 saturated carbocycles. The van der Waals surface area contributed by atoms with Gasteiger partial charge in [-0.2, -0.15) is 4.31 Å². The van der Waals surface area contributed by atoms with Gasteiger partial charge in [0.05, 0.1) is 17.3 Å². The second-order valence-corrected chi connectivity index (χ2v) is 9.66. The van der Waals surface area contributed by atoms with E-state index in [0.29, 0.717) is 25.7 Å². The lowest BCUT2D eigenvalue weighted by Gasteiger charge is -2.47. The normalized spacial score (nSPS) is 26.2. The molecule has 0 aliphatic carbocycles. The Labute approximate surface area is 159 Å². The van der Waals surface area contributed by atoms with Gasteiger partial charge in [0.25, 0.3) is 0 Å². The molecule has 1 aromatic carbocycles. The molecular formula is C19H26N4O3S. The number of nitrogens with one attached hydrogen (secondary N) is 2. The maximum atomic E-state index is 12.4. The van der Waals surface area contributed by atoms with Gasteiger partial charge in [0.15, 0.2) is 0 Å². The highest BCUT2D eigenvalue weighted by molar-refractivity contribution is 7.88. The summed E-state index contributed by atoms with van der Waals surface area (Å²) in [6.45, 7) is 0. The molecular weight excluding hydrogens is 364 g/mol. The van der Waals surface area contributed by atoms with Crippen LogP contribution in [0.1, 0.15) is 44.3 Å². The molecule has 7 nitrogen and oxygen atoms in total. The van der Waals surface area contributed by atoms with E-state index in [-0.39, 0.29) is 24.0 Å². The number of hydrogen-bond donors (Lipinski definition) is 2. The fourth-order valence-corrected chi connectivity index (χ4v) is 6.12. The molecule has 1 aromatic heterocycles. The van der Waals surface area contributed by atoms with Crippen LogP contribution < -0.4 is 5.32 Å². The van der Waals surface area contributed by atoms with Crippen LogP contribution in [0.15, 0.2) is 24.3 Å². The van der Waals surface area contributed by atoms with Gasteiger partial charge in [0.2, 0.25) is 15.9 Å². The number of imidazole rings is 1.